The first-order valence-corrected chi connectivity index (χ1v) is 22.7. The predicted octanol–water partition coefficient (Wildman–Crippen LogP) is 7.73. The summed E-state index contributed by atoms with van der Waals surface area (Å²) in [5.74, 6) is -1.47. The normalized spacial score (nSPS) is 26.3. The number of hydrogen-bond acceptors (Lipinski definition) is 10. The molecule has 17 heteroatoms. The molecule has 2 aliphatic heterocycles. The average Bonchev–Trinajstić information content (AvgIpc) is 3.77. The highest BCUT2D eigenvalue weighted by molar-refractivity contribution is 7.81. The SMILES string of the molecule is CN(CC1CCC(n2cc3cc(C(=S)Nc4cccc(C(F)(F)F)n4)c(C(C)(C)O)cc3n2)CC1)C1CCC2(CC1)CC(Nc1cccc3c1C(=O)N(C1CCC(=O)NC1=O)C3=O)C2. The fraction of sp³-hybridized carbons (Fsp3) is 0.511. The van der Waals surface area contributed by atoms with E-state index in [4.69, 9.17) is 17.3 Å². The van der Waals surface area contributed by atoms with Crippen LogP contribution in [0.4, 0.5) is 24.7 Å². The van der Waals surface area contributed by atoms with Gasteiger partial charge in [0.25, 0.3) is 11.8 Å². The number of carbonyl (C=O) groups excluding carboxylic acids is 4. The number of piperidine rings is 1. The number of imide groups is 2. The smallest absolute Gasteiger partial charge is 0.386 e. The third-order valence-corrected chi connectivity index (χ3v) is 14.7. The molecule has 2 aromatic heterocycles. The van der Waals surface area contributed by atoms with Gasteiger partial charge >= 0.3 is 6.18 Å². The minimum absolute atomic E-state index is 0.0372. The van der Waals surface area contributed by atoms with Crippen LogP contribution in [0.3, 0.4) is 0 Å². The second kappa shape index (κ2) is 16.6. The van der Waals surface area contributed by atoms with Crippen molar-refractivity contribution in [1.82, 2.24) is 29.9 Å². The van der Waals surface area contributed by atoms with Gasteiger partial charge in [-0.3, -0.25) is 34.1 Å². The monoisotopic (exact) mass is 898 g/mol. The van der Waals surface area contributed by atoms with Crippen molar-refractivity contribution in [3.8, 4) is 0 Å². The minimum Gasteiger partial charge on any atom is -0.386 e. The molecule has 4 N–H and O–H groups in total. The third-order valence-electron chi connectivity index (χ3n) is 14.4. The first-order chi connectivity index (χ1) is 30.4. The van der Waals surface area contributed by atoms with Gasteiger partial charge in [-0.1, -0.05) is 24.4 Å². The molecule has 13 nitrogen and oxygen atoms in total. The molecule has 2 aromatic carbocycles. The zero-order chi connectivity index (χ0) is 45.3. The first kappa shape index (κ1) is 44.0. The highest BCUT2D eigenvalue weighted by Crippen LogP contribution is 2.53. The van der Waals surface area contributed by atoms with E-state index in [9.17, 15) is 37.5 Å². The topological polar surface area (TPSA) is 162 Å². The van der Waals surface area contributed by atoms with Gasteiger partial charge in [0, 0.05) is 47.9 Å². The molecule has 5 aliphatic rings. The molecule has 9 rings (SSSR count). The molecule has 1 spiro atoms. The lowest BCUT2D eigenvalue weighted by Gasteiger charge is -2.53. The van der Waals surface area contributed by atoms with E-state index in [0.29, 0.717) is 39.9 Å². The number of pyridine rings is 1. The number of benzene rings is 2. The van der Waals surface area contributed by atoms with Crippen LogP contribution in [0.1, 0.15) is 134 Å². The predicted molar refractivity (Wildman–Crippen MR) is 238 cm³/mol. The van der Waals surface area contributed by atoms with Gasteiger partial charge in [0.2, 0.25) is 11.8 Å². The van der Waals surface area contributed by atoms with Gasteiger partial charge in [0.15, 0.2) is 0 Å². The molecule has 4 heterocycles. The molecule has 1 saturated heterocycles. The highest BCUT2D eigenvalue weighted by Gasteiger charge is 2.49. The van der Waals surface area contributed by atoms with Crippen LogP contribution in [-0.4, -0.2) is 90.0 Å². The van der Waals surface area contributed by atoms with E-state index < -0.39 is 47.1 Å². The van der Waals surface area contributed by atoms with Crippen molar-refractivity contribution in [1.29, 1.82) is 0 Å². The van der Waals surface area contributed by atoms with Crippen LogP contribution in [-0.2, 0) is 21.4 Å². The highest BCUT2D eigenvalue weighted by atomic mass is 32.1. The number of halogens is 3. The number of rotatable bonds is 10. The van der Waals surface area contributed by atoms with Crippen LogP contribution in [0.25, 0.3) is 10.9 Å². The molecule has 1 unspecified atom stereocenters. The van der Waals surface area contributed by atoms with Crippen LogP contribution < -0.4 is 16.0 Å². The number of thiocarbonyl (C=S) groups is 1. The van der Waals surface area contributed by atoms with E-state index in [1.807, 2.05) is 29.1 Å². The summed E-state index contributed by atoms with van der Waals surface area (Å²) in [6.45, 7) is 4.32. The number of carbonyl (C=O) groups is 4. The van der Waals surface area contributed by atoms with Crippen LogP contribution in [0.5, 0.6) is 0 Å². The number of nitrogens with zero attached hydrogens (tertiary/aromatic N) is 5. The molecule has 3 saturated carbocycles. The Morgan fingerprint density at radius 3 is 2.38 bits per heavy atom. The van der Waals surface area contributed by atoms with Crippen LogP contribution in [0.15, 0.2) is 54.7 Å². The Labute approximate surface area is 374 Å². The van der Waals surface area contributed by atoms with E-state index in [1.165, 1.54) is 12.1 Å². The molecule has 1 atom stereocenters. The Kier molecular flexibility index (Phi) is 11.4. The summed E-state index contributed by atoms with van der Waals surface area (Å²) < 4.78 is 42.0. The van der Waals surface area contributed by atoms with E-state index in [2.05, 4.69) is 32.9 Å². The number of nitrogens with one attached hydrogen (secondary N) is 3. The molecule has 338 valence electrons. The molecule has 4 fully saturated rings. The average molecular weight is 899 g/mol. The van der Waals surface area contributed by atoms with Crippen LogP contribution in [0, 0.1) is 11.3 Å². The maximum atomic E-state index is 13.6. The number of anilines is 2. The van der Waals surface area contributed by atoms with Crippen molar-refractivity contribution in [2.24, 2.45) is 11.3 Å². The van der Waals surface area contributed by atoms with Crippen LogP contribution >= 0.6 is 12.2 Å². The van der Waals surface area contributed by atoms with Crippen molar-refractivity contribution < 1.29 is 37.5 Å². The maximum Gasteiger partial charge on any atom is 0.433 e. The number of aromatic nitrogens is 3. The van der Waals surface area contributed by atoms with E-state index in [-0.39, 0.29) is 46.7 Å². The Morgan fingerprint density at radius 2 is 1.69 bits per heavy atom. The van der Waals surface area contributed by atoms with Crippen molar-refractivity contribution in [2.75, 3.05) is 24.2 Å². The molecule has 4 amide bonds. The van der Waals surface area contributed by atoms with Crippen molar-refractivity contribution in [3.05, 3.63) is 82.7 Å². The third kappa shape index (κ3) is 8.53. The fourth-order valence-electron chi connectivity index (χ4n) is 11.0. The number of aliphatic hydroxyl groups is 1. The van der Waals surface area contributed by atoms with Gasteiger partial charge in [-0.25, -0.2) is 4.98 Å². The molecule has 4 aromatic rings. The van der Waals surface area contributed by atoms with E-state index >= 15 is 0 Å². The summed E-state index contributed by atoms with van der Waals surface area (Å²) in [5.41, 5.74) is 0.866. The molecule has 64 heavy (non-hydrogen) atoms. The van der Waals surface area contributed by atoms with Crippen molar-refractivity contribution >= 4 is 63.2 Å². The van der Waals surface area contributed by atoms with Gasteiger partial charge in [-0.2, -0.15) is 18.3 Å². The van der Waals surface area contributed by atoms with Gasteiger partial charge in [-0.15, -0.1) is 0 Å². The van der Waals surface area contributed by atoms with Crippen molar-refractivity contribution in [2.45, 2.75) is 127 Å². The minimum atomic E-state index is -4.60. The number of amides is 4. The van der Waals surface area contributed by atoms with Crippen molar-refractivity contribution in [3.63, 3.8) is 0 Å². The lowest BCUT2D eigenvalue weighted by atomic mass is 9.57. The molecule has 0 bridgehead atoms. The second-order valence-corrected chi connectivity index (χ2v) is 19.7. The van der Waals surface area contributed by atoms with Gasteiger partial charge in [-0.05, 0) is 145 Å². The van der Waals surface area contributed by atoms with E-state index in [0.717, 1.165) is 87.1 Å². The molecular formula is C47H53F3N8O5S. The quantitative estimate of drug-likeness (QED) is 0.0911. The number of alkyl halides is 3. The Balaban J connectivity index is 0.760. The molecular weight excluding hydrogens is 846 g/mol. The number of fused-ring (bicyclic) bond motifs is 2. The summed E-state index contributed by atoms with van der Waals surface area (Å²) in [6.07, 6.45) is 8.30. The Morgan fingerprint density at radius 1 is 0.969 bits per heavy atom. The summed E-state index contributed by atoms with van der Waals surface area (Å²) in [4.78, 5) is 58.6. The van der Waals surface area contributed by atoms with E-state index in [1.54, 1.807) is 26.0 Å². The second-order valence-electron chi connectivity index (χ2n) is 19.3. The van der Waals surface area contributed by atoms with Gasteiger partial charge < -0.3 is 20.6 Å². The first-order valence-electron chi connectivity index (χ1n) is 22.3. The lowest BCUT2D eigenvalue weighted by Crippen LogP contribution is -2.54. The van der Waals surface area contributed by atoms with Gasteiger partial charge in [0.05, 0.1) is 28.3 Å². The fourth-order valence-corrected chi connectivity index (χ4v) is 11.2. The number of hydrogen-bond donors (Lipinski definition) is 4. The Bertz CT molecular complexity index is 2530. The Hall–Kier alpha value is -5.26. The zero-order valence-corrected chi connectivity index (χ0v) is 37.0. The summed E-state index contributed by atoms with van der Waals surface area (Å²) in [7, 11) is 2.26. The van der Waals surface area contributed by atoms with Crippen LogP contribution in [0.2, 0.25) is 0 Å². The summed E-state index contributed by atoms with van der Waals surface area (Å²) in [5, 5.41) is 25.5. The standard InChI is InChI=1S/C47H53F3N8O5S/c1-45(2,63)33-21-35-27(20-32(33)42(64)53-38-9-5-8-37(52-38)47(48,49)50)25-57(55-35)30-12-10-26(11-13-30)24-56(3)29-16-18-46(19-17-29)22-28(23-46)51-34-7-4-6-31-40(34)44(62)58(43(31)61)36-14-15-39(59)54-41(36)60/h4-9,20-21,25-26,28-30,36,51,63H,10-19,22-24H2,1-3H3,(H,52,53,64)(H,54,59,60). The molecule has 0 radical (unpaired) electrons. The summed E-state index contributed by atoms with van der Waals surface area (Å²) in [6, 6.07) is 12.4. The zero-order valence-electron chi connectivity index (χ0n) is 36.1. The summed E-state index contributed by atoms with van der Waals surface area (Å²) >= 11 is 5.66. The maximum absolute atomic E-state index is 13.6. The molecule has 3 aliphatic carbocycles. The lowest BCUT2D eigenvalue weighted by molar-refractivity contribution is -0.141. The largest absolute Gasteiger partial charge is 0.433 e. The van der Waals surface area contributed by atoms with Gasteiger partial charge in [0.1, 0.15) is 22.5 Å².